The standard InChI is InChI=1S/C14H20O/c1-10(2)6-5-7-11(3)14-12(4)8-9-13(14)15/h6-7H,5,8-9H2,1-4H3/b11-7-. The van der Waals surface area contributed by atoms with Crippen molar-refractivity contribution in [2.45, 2.75) is 47.0 Å². The summed E-state index contributed by atoms with van der Waals surface area (Å²) in [5.74, 6) is 0.318. The lowest BCUT2D eigenvalue weighted by Crippen LogP contribution is -1.97. The summed E-state index contributed by atoms with van der Waals surface area (Å²) in [5.41, 5.74) is 4.71. The molecule has 0 aromatic rings. The molecule has 0 saturated carbocycles. The lowest BCUT2D eigenvalue weighted by Gasteiger charge is -2.02. The first-order valence-electron chi connectivity index (χ1n) is 5.56. The van der Waals surface area contributed by atoms with E-state index in [4.69, 9.17) is 0 Å². The smallest absolute Gasteiger partial charge is 0.163 e. The molecule has 1 aliphatic carbocycles. The summed E-state index contributed by atoms with van der Waals surface area (Å²) in [6.45, 7) is 8.29. The van der Waals surface area contributed by atoms with Crippen LogP contribution in [0.1, 0.15) is 47.0 Å². The highest BCUT2D eigenvalue weighted by atomic mass is 16.1. The second kappa shape index (κ2) is 5.11. The molecule has 0 fully saturated rings. The maximum Gasteiger partial charge on any atom is 0.163 e. The molecule has 0 radical (unpaired) electrons. The predicted molar refractivity (Wildman–Crippen MR) is 64.7 cm³/mol. The third kappa shape index (κ3) is 3.19. The van der Waals surface area contributed by atoms with Gasteiger partial charge in [0.2, 0.25) is 0 Å². The van der Waals surface area contributed by atoms with E-state index in [9.17, 15) is 4.79 Å². The summed E-state index contributed by atoms with van der Waals surface area (Å²) in [5, 5.41) is 0. The Bertz CT molecular complexity index is 350. The van der Waals surface area contributed by atoms with E-state index < -0.39 is 0 Å². The molecule has 1 rings (SSSR count). The van der Waals surface area contributed by atoms with Crippen molar-refractivity contribution < 1.29 is 4.79 Å². The molecule has 1 heteroatoms. The van der Waals surface area contributed by atoms with Crippen molar-refractivity contribution in [1.29, 1.82) is 0 Å². The molecule has 0 atom stereocenters. The number of carbonyl (C=O) groups is 1. The summed E-state index contributed by atoms with van der Waals surface area (Å²) >= 11 is 0. The first kappa shape index (κ1) is 12.0. The molecule has 0 heterocycles. The lowest BCUT2D eigenvalue weighted by atomic mass is 10.0. The zero-order valence-corrected chi connectivity index (χ0v) is 10.2. The second-order valence-corrected chi connectivity index (χ2v) is 4.48. The monoisotopic (exact) mass is 204 g/mol. The fourth-order valence-corrected chi connectivity index (χ4v) is 1.92. The van der Waals surface area contributed by atoms with E-state index in [1.54, 1.807) is 0 Å². The van der Waals surface area contributed by atoms with Crippen LogP contribution in [0.15, 0.2) is 34.4 Å². The van der Waals surface area contributed by atoms with Gasteiger partial charge in [0, 0.05) is 12.0 Å². The summed E-state index contributed by atoms with van der Waals surface area (Å²) in [4.78, 5) is 11.6. The zero-order valence-electron chi connectivity index (χ0n) is 10.2. The molecular weight excluding hydrogens is 184 g/mol. The van der Waals surface area contributed by atoms with Gasteiger partial charge in [-0.2, -0.15) is 0 Å². The molecule has 0 spiro atoms. The van der Waals surface area contributed by atoms with Gasteiger partial charge in [0.25, 0.3) is 0 Å². The van der Waals surface area contributed by atoms with E-state index in [0.717, 1.165) is 24.0 Å². The largest absolute Gasteiger partial charge is 0.294 e. The highest BCUT2D eigenvalue weighted by Crippen LogP contribution is 2.27. The van der Waals surface area contributed by atoms with Gasteiger partial charge >= 0.3 is 0 Å². The van der Waals surface area contributed by atoms with Gasteiger partial charge in [-0.1, -0.05) is 23.3 Å². The molecule has 82 valence electrons. The average Bonchev–Trinajstić information content (AvgIpc) is 2.45. The lowest BCUT2D eigenvalue weighted by molar-refractivity contribution is -0.114. The molecule has 0 aromatic heterocycles. The number of hydrogen-bond acceptors (Lipinski definition) is 1. The molecule has 0 bridgehead atoms. The summed E-state index contributed by atoms with van der Waals surface area (Å²) in [6.07, 6.45) is 6.91. The first-order valence-corrected chi connectivity index (χ1v) is 5.56. The molecule has 0 amide bonds. The molecule has 0 unspecified atom stereocenters. The Hall–Kier alpha value is -1.11. The fourth-order valence-electron chi connectivity index (χ4n) is 1.92. The maximum absolute atomic E-state index is 11.6. The van der Waals surface area contributed by atoms with Crippen LogP contribution < -0.4 is 0 Å². The highest BCUT2D eigenvalue weighted by Gasteiger charge is 2.20. The van der Waals surface area contributed by atoms with Gasteiger partial charge in [-0.15, -0.1) is 0 Å². The van der Waals surface area contributed by atoms with Crippen molar-refractivity contribution in [2.75, 3.05) is 0 Å². The van der Waals surface area contributed by atoms with Gasteiger partial charge in [-0.25, -0.2) is 0 Å². The molecular formula is C14H20O. The van der Waals surface area contributed by atoms with Crippen molar-refractivity contribution in [1.82, 2.24) is 0 Å². The molecule has 0 saturated heterocycles. The van der Waals surface area contributed by atoms with Gasteiger partial charge in [-0.05, 0) is 46.1 Å². The average molecular weight is 204 g/mol. The van der Waals surface area contributed by atoms with Crippen LogP contribution in [-0.4, -0.2) is 5.78 Å². The van der Waals surface area contributed by atoms with Crippen molar-refractivity contribution >= 4 is 5.78 Å². The molecule has 0 aliphatic heterocycles. The number of Topliss-reactive ketones (excluding diaryl/α,β-unsaturated/α-hetero) is 1. The minimum absolute atomic E-state index is 0.318. The minimum Gasteiger partial charge on any atom is -0.294 e. The second-order valence-electron chi connectivity index (χ2n) is 4.48. The van der Waals surface area contributed by atoms with Gasteiger partial charge in [0.05, 0.1) is 0 Å². The van der Waals surface area contributed by atoms with Crippen LogP contribution in [0.2, 0.25) is 0 Å². The van der Waals surface area contributed by atoms with Crippen LogP contribution in [0.5, 0.6) is 0 Å². The van der Waals surface area contributed by atoms with E-state index in [1.165, 1.54) is 11.1 Å². The summed E-state index contributed by atoms with van der Waals surface area (Å²) < 4.78 is 0. The van der Waals surface area contributed by atoms with E-state index in [0.29, 0.717) is 12.2 Å². The van der Waals surface area contributed by atoms with Gasteiger partial charge in [-0.3, -0.25) is 4.79 Å². The molecule has 1 aliphatic rings. The van der Waals surface area contributed by atoms with Crippen molar-refractivity contribution in [2.24, 2.45) is 0 Å². The summed E-state index contributed by atoms with van der Waals surface area (Å²) in [7, 11) is 0. The first-order chi connectivity index (χ1) is 7.02. The zero-order chi connectivity index (χ0) is 11.4. The molecule has 0 aromatic carbocycles. The van der Waals surface area contributed by atoms with Crippen LogP contribution >= 0.6 is 0 Å². The van der Waals surface area contributed by atoms with E-state index >= 15 is 0 Å². The van der Waals surface area contributed by atoms with E-state index in [2.05, 4.69) is 32.9 Å². The van der Waals surface area contributed by atoms with E-state index in [-0.39, 0.29) is 0 Å². The topological polar surface area (TPSA) is 17.1 Å². The van der Waals surface area contributed by atoms with Crippen molar-refractivity contribution in [3.63, 3.8) is 0 Å². The predicted octanol–water partition coefficient (Wildman–Crippen LogP) is 3.97. The highest BCUT2D eigenvalue weighted by molar-refractivity contribution is 6.02. The Morgan fingerprint density at radius 3 is 2.33 bits per heavy atom. The van der Waals surface area contributed by atoms with Crippen LogP contribution in [0, 0.1) is 0 Å². The Morgan fingerprint density at radius 2 is 1.87 bits per heavy atom. The normalized spacial score (nSPS) is 17.3. The Labute approximate surface area is 92.6 Å². The third-order valence-corrected chi connectivity index (χ3v) is 2.78. The number of ketones is 1. The van der Waals surface area contributed by atoms with Crippen molar-refractivity contribution in [3.8, 4) is 0 Å². The SMILES string of the molecule is CC(C)=CC/C=C(/C)C1=C(C)CCC1=O. The maximum atomic E-state index is 11.6. The number of hydrogen-bond donors (Lipinski definition) is 0. The molecule has 15 heavy (non-hydrogen) atoms. The third-order valence-electron chi connectivity index (χ3n) is 2.78. The fraction of sp³-hybridized carbons (Fsp3) is 0.500. The Morgan fingerprint density at radius 1 is 1.20 bits per heavy atom. The number of allylic oxidation sites excluding steroid dienone is 6. The number of rotatable bonds is 3. The van der Waals surface area contributed by atoms with Crippen LogP contribution in [-0.2, 0) is 4.79 Å². The molecule has 1 nitrogen and oxygen atoms in total. The number of carbonyl (C=O) groups excluding carboxylic acids is 1. The van der Waals surface area contributed by atoms with Crippen molar-refractivity contribution in [3.05, 3.63) is 34.4 Å². The van der Waals surface area contributed by atoms with Crippen LogP contribution in [0.4, 0.5) is 0 Å². The van der Waals surface area contributed by atoms with Gasteiger partial charge < -0.3 is 0 Å². The van der Waals surface area contributed by atoms with Gasteiger partial charge in [0.15, 0.2) is 5.78 Å². The summed E-state index contributed by atoms with van der Waals surface area (Å²) in [6, 6.07) is 0. The molecule has 0 N–H and O–H groups in total. The van der Waals surface area contributed by atoms with E-state index in [1.807, 2.05) is 6.92 Å². The Balaban J connectivity index is 2.76. The van der Waals surface area contributed by atoms with Crippen LogP contribution in [0.3, 0.4) is 0 Å². The quantitative estimate of drug-likeness (QED) is 0.636. The van der Waals surface area contributed by atoms with Gasteiger partial charge in [0.1, 0.15) is 0 Å². The minimum atomic E-state index is 0.318. The Kier molecular flexibility index (Phi) is 4.07. The van der Waals surface area contributed by atoms with Crippen LogP contribution in [0.25, 0.3) is 0 Å².